The lowest BCUT2D eigenvalue weighted by Crippen LogP contribution is -2.28. The second-order valence-corrected chi connectivity index (χ2v) is 20.8. The standard InChI is InChI=1S/C72H50N4/c1-8-22-65-56(15-1)57-16-2-9-23-66(57)73(65)52-37-29-47(30-38-52)48-31-41-55(42-32-48)76-71-28-14-7-21-62(71)64-46-51(49-33-39-53(40-34-49)74-67-24-10-3-17-58(67)59-18-4-11-25-68(59)74)45-63(72(64)76)50-35-43-54(44-36-50)75-69-26-12-5-19-60(69)61-20-6-13-27-70(61)75/h1-46,56,62,65,71H. The number of benzene rings is 10. The lowest BCUT2D eigenvalue weighted by atomic mass is 9.87. The van der Waals surface area contributed by atoms with Crippen molar-refractivity contribution in [3.05, 3.63) is 290 Å². The third-order valence-corrected chi connectivity index (χ3v) is 16.8. The van der Waals surface area contributed by atoms with Crippen LogP contribution in [0.25, 0.3) is 88.4 Å². The highest BCUT2D eigenvalue weighted by Crippen LogP contribution is 2.54. The Bertz CT molecular complexity index is 4300. The maximum atomic E-state index is 2.60. The van der Waals surface area contributed by atoms with E-state index in [2.05, 4.69) is 298 Å². The first-order valence-corrected chi connectivity index (χ1v) is 26.7. The minimum absolute atomic E-state index is 0.115. The highest BCUT2D eigenvalue weighted by molar-refractivity contribution is 6.10. The molecule has 4 aliphatic rings. The molecule has 0 radical (unpaired) electrons. The monoisotopic (exact) mass is 970 g/mol. The molecule has 358 valence electrons. The van der Waals surface area contributed by atoms with Gasteiger partial charge in [0.05, 0.1) is 39.8 Å². The molecular weight excluding hydrogens is 921 g/mol. The van der Waals surface area contributed by atoms with Crippen molar-refractivity contribution < 1.29 is 0 Å². The molecule has 76 heavy (non-hydrogen) atoms. The molecule has 0 saturated carbocycles. The summed E-state index contributed by atoms with van der Waals surface area (Å²) in [5.41, 5.74) is 22.0. The summed E-state index contributed by atoms with van der Waals surface area (Å²) in [5.74, 6) is 0.533. The molecule has 0 spiro atoms. The van der Waals surface area contributed by atoms with Crippen LogP contribution >= 0.6 is 0 Å². The number of nitrogens with zero attached hydrogens (tertiary/aromatic N) is 4. The Labute approximate surface area is 442 Å². The zero-order valence-corrected chi connectivity index (χ0v) is 41.7. The zero-order chi connectivity index (χ0) is 49.8. The average molecular weight is 971 g/mol. The van der Waals surface area contributed by atoms with Gasteiger partial charge in [-0.15, -0.1) is 0 Å². The van der Waals surface area contributed by atoms with Crippen LogP contribution in [0.3, 0.4) is 0 Å². The molecule has 12 aromatic rings. The van der Waals surface area contributed by atoms with E-state index in [4.69, 9.17) is 0 Å². The molecule has 0 amide bonds. The molecule has 4 heteroatoms. The number of rotatable bonds is 7. The van der Waals surface area contributed by atoms with Gasteiger partial charge in [0.25, 0.3) is 0 Å². The van der Waals surface area contributed by atoms with Crippen molar-refractivity contribution in [2.45, 2.75) is 23.9 Å². The molecule has 4 atom stereocenters. The summed E-state index contributed by atoms with van der Waals surface area (Å²) in [7, 11) is 0. The Kier molecular flexibility index (Phi) is 9.55. The highest BCUT2D eigenvalue weighted by Gasteiger charge is 2.40. The highest BCUT2D eigenvalue weighted by atomic mass is 15.2. The number of fused-ring (bicyclic) bond motifs is 12. The molecule has 4 unspecified atom stereocenters. The fourth-order valence-electron chi connectivity index (χ4n) is 13.4. The number of allylic oxidation sites excluding steroid dienone is 4. The summed E-state index contributed by atoms with van der Waals surface area (Å²) in [4.78, 5) is 5.11. The summed E-state index contributed by atoms with van der Waals surface area (Å²) in [6, 6.07) is 86.1. The summed E-state index contributed by atoms with van der Waals surface area (Å²) in [5, 5.41) is 5.06. The van der Waals surface area contributed by atoms with E-state index in [0.717, 1.165) is 11.4 Å². The van der Waals surface area contributed by atoms with E-state index in [1.165, 1.54) is 111 Å². The van der Waals surface area contributed by atoms with Crippen molar-refractivity contribution in [3.8, 4) is 44.8 Å². The molecular formula is C72H50N4. The second kappa shape index (κ2) is 17.0. The molecule has 0 fully saturated rings. The van der Waals surface area contributed by atoms with Crippen molar-refractivity contribution in [1.82, 2.24) is 9.13 Å². The first-order chi connectivity index (χ1) is 37.7. The maximum absolute atomic E-state index is 2.60. The van der Waals surface area contributed by atoms with Gasteiger partial charge in [0.1, 0.15) is 0 Å². The third-order valence-electron chi connectivity index (χ3n) is 16.8. The van der Waals surface area contributed by atoms with Crippen LogP contribution in [-0.2, 0) is 0 Å². The summed E-state index contributed by atoms with van der Waals surface area (Å²) < 4.78 is 4.81. The molecule has 10 aromatic carbocycles. The molecule has 2 aliphatic carbocycles. The van der Waals surface area contributed by atoms with E-state index in [-0.39, 0.29) is 18.0 Å². The van der Waals surface area contributed by atoms with Gasteiger partial charge in [-0.2, -0.15) is 0 Å². The van der Waals surface area contributed by atoms with Gasteiger partial charge in [-0.25, -0.2) is 0 Å². The SMILES string of the molecule is C1=CC2c3ccccc3N(c3ccc(-c4ccc(N5c6c(-c7ccc(-n8c9ccccc9c9ccccc98)cc7)cc(-c7ccc(-n8c9ccccc9c9ccccc98)cc7)cc6C6C=CC=CC65)cc4)cc3)C2C=C1. The summed E-state index contributed by atoms with van der Waals surface area (Å²) >= 11 is 0. The minimum atomic E-state index is 0.115. The van der Waals surface area contributed by atoms with E-state index in [1.807, 2.05) is 0 Å². The van der Waals surface area contributed by atoms with Gasteiger partial charge in [0.2, 0.25) is 0 Å². The van der Waals surface area contributed by atoms with E-state index in [1.54, 1.807) is 0 Å². The van der Waals surface area contributed by atoms with Crippen LogP contribution in [0.4, 0.5) is 22.7 Å². The van der Waals surface area contributed by atoms with Gasteiger partial charge in [0.15, 0.2) is 0 Å². The number of aromatic nitrogens is 2. The van der Waals surface area contributed by atoms with Gasteiger partial charge in [-0.05, 0) is 130 Å². The average Bonchev–Trinajstić information content (AvgIpc) is 4.29. The predicted molar refractivity (Wildman–Crippen MR) is 318 cm³/mol. The van der Waals surface area contributed by atoms with Crippen LogP contribution in [0.1, 0.15) is 23.0 Å². The molecule has 16 rings (SSSR count). The Morgan fingerprint density at radius 1 is 0.276 bits per heavy atom. The van der Waals surface area contributed by atoms with Crippen LogP contribution in [0.15, 0.2) is 279 Å². The lowest BCUT2D eigenvalue weighted by Gasteiger charge is -2.30. The van der Waals surface area contributed by atoms with Gasteiger partial charge in [0, 0.05) is 67.4 Å². The van der Waals surface area contributed by atoms with Crippen molar-refractivity contribution >= 4 is 66.4 Å². The van der Waals surface area contributed by atoms with Crippen LogP contribution in [0.2, 0.25) is 0 Å². The zero-order valence-electron chi connectivity index (χ0n) is 41.7. The Hall–Kier alpha value is -9.64. The number of hydrogen-bond donors (Lipinski definition) is 0. The van der Waals surface area contributed by atoms with E-state index in [0.29, 0.717) is 5.92 Å². The van der Waals surface area contributed by atoms with Gasteiger partial charge >= 0.3 is 0 Å². The van der Waals surface area contributed by atoms with E-state index in [9.17, 15) is 0 Å². The van der Waals surface area contributed by atoms with Gasteiger partial charge < -0.3 is 18.9 Å². The largest absolute Gasteiger partial charge is 0.333 e. The Balaban J connectivity index is 0.803. The van der Waals surface area contributed by atoms with Crippen LogP contribution in [0.5, 0.6) is 0 Å². The molecule has 4 nitrogen and oxygen atoms in total. The predicted octanol–water partition coefficient (Wildman–Crippen LogP) is 18.3. The van der Waals surface area contributed by atoms with Gasteiger partial charge in [-0.3, -0.25) is 0 Å². The van der Waals surface area contributed by atoms with Crippen molar-refractivity contribution in [3.63, 3.8) is 0 Å². The lowest BCUT2D eigenvalue weighted by molar-refractivity contribution is 0.745. The van der Waals surface area contributed by atoms with Crippen LogP contribution < -0.4 is 9.80 Å². The molecule has 0 N–H and O–H groups in total. The van der Waals surface area contributed by atoms with Crippen molar-refractivity contribution in [2.24, 2.45) is 0 Å². The first-order valence-electron chi connectivity index (χ1n) is 26.7. The van der Waals surface area contributed by atoms with Crippen molar-refractivity contribution in [1.29, 1.82) is 0 Å². The van der Waals surface area contributed by atoms with Crippen LogP contribution in [0, 0.1) is 0 Å². The normalized spacial score (nSPS) is 18.0. The second-order valence-electron chi connectivity index (χ2n) is 20.8. The fraction of sp³-hybridized carbons (Fsp3) is 0.0556. The smallest absolute Gasteiger partial charge is 0.0629 e. The minimum Gasteiger partial charge on any atom is -0.333 e. The molecule has 0 bridgehead atoms. The fourth-order valence-corrected chi connectivity index (χ4v) is 13.4. The molecule has 0 saturated heterocycles. The quantitative estimate of drug-likeness (QED) is 0.158. The molecule has 2 aliphatic heterocycles. The molecule has 4 heterocycles. The third kappa shape index (κ3) is 6.50. The van der Waals surface area contributed by atoms with Gasteiger partial charge in [-0.1, -0.05) is 188 Å². The van der Waals surface area contributed by atoms with Crippen molar-refractivity contribution in [2.75, 3.05) is 9.80 Å². The Morgan fingerprint density at radius 3 is 1.17 bits per heavy atom. The summed E-state index contributed by atoms with van der Waals surface area (Å²) in [6.07, 6.45) is 18.3. The maximum Gasteiger partial charge on any atom is 0.0629 e. The van der Waals surface area contributed by atoms with E-state index >= 15 is 0 Å². The van der Waals surface area contributed by atoms with Crippen LogP contribution in [-0.4, -0.2) is 21.2 Å². The Morgan fingerprint density at radius 2 is 0.658 bits per heavy atom. The number of hydrogen-bond acceptors (Lipinski definition) is 2. The molecule has 2 aromatic heterocycles. The number of para-hydroxylation sites is 5. The topological polar surface area (TPSA) is 16.3 Å². The summed E-state index contributed by atoms with van der Waals surface area (Å²) in [6.45, 7) is 0. The number of anilines is 4. The van der Waals surface area contributed by atoms with E-state index < -0.39 is 0 Å². The first kappa shape index (κ1) is 42.8.